The number of hydrogen-bond donors (Lipinski definition) is 0. The highest BCUT2D eigenvalue weighted by atomic mass is 15.2. The third-order valence-electron chi connectivity index (χ3n) is 3.99. The van der Waals surface area contributed by atoms with E-state index in [9.17, 15) is 0 Å². The van der Waals surface area contributed by atoms with Gasteiger partial charge in [0.25, 0.3) is 0 Å². The maximum absolute atomic E-state index is 2.75. The average molecular weight is 210 g/mol. The van der Waals surface area contributed by atoms with Gasteiger partial charge in [-0.15, -0.1) is 0 Å². The molecule has 1 heterocycles. The summed E-state index contributed by atoms with van der Waals surface area (Å²) in [5, 5.41) is 0. The van der Waals surface area contributed by atoms with Crippen LogP contribution < -0.4 is 0 Å². The van der Waals surface area contributed by atoms with E-state index in [-0.39, 0.29) is 0 Å². The van der Waals surface area contributed by atoms with E-state index in [0.29, 0.717) is 0 Å². The van der Waals surface area contributed by atoms with E-state index in [2.05, 4.69) is 30.7 Å². The second-order valence-electron chi connectivity index (χ2n) is 5.77. The maximum atomic E-state index is 2.75. The minimum absolute atomic E-state index is 0.747. The quantitative estimate of drug-likeness (QED) is 0.702. The molecule has 88 valence electrons. The lowest BCUT2D eigenvalue weighted by Crippen LogP contribution is -2.41. The van der Waals surface area contributed by atoms with Gasteiger partial charge < -0.3 is 4.90 Å². The van der Waals surface area contributed by atoms with Crippen molar-refractivity contribution < 1.29 is 0 Å². The number of hydrogen-bond acceptors (Lipinski definition) is 2. The molecular weight excluding hydrogens is 184 g/mol. The van der Waals surface area contributed by atoms with Gasteiger partial charge >= 0.3 is 0 Å². The third-order valence-corrected chi connectivity index (χ3v) is 3.99. The molecule has 1 saturated heterocycles. The van der Waals surface area contributed by atoms with Crippen LogP contribution in [0.4, 0.5) is 0 Å². The van der Waals surface area contributed by atoms with Crippen molar-refractivity contribution in [2.24, 2.45) is 5.92 Å². The van der Waals surface area contributed by atoms with E-state index in [1.165, 1.54) is 45.3 Å². The zero-order valence-electron chi connectivity index (χ0n) is 10.6. The highest BCUT2D eigenvalue weighted by Crippen LogP contribution is 2.30. The molecular formula is C13H26N2. The van der Waals surface area contributed by atoms with Crippen LogP contribution in [0.2, 0.25) is 0 Å². The predicted molar refractivity (Wildman–Crippen MR) is 65.1 cm³/mol. The van der Waals surface area contributed by atoms with Crippen LogP contribution in [0.3, 0.4) is 0 Å². The average Bonchev–Trinajstić information content (AvgIpc) is 3.00. The fourth-order valence-electron chi connectivity index (χ4n) is 2.73. The Hall–Kier alpha value is -0.0800. The Labute approximate surface area is 94.6 Å². The lowest BCUT2D eigenvalue weighted by Gasteiger charge is -2.35. The van der Waals surface area contributed by atoms with Crippen molar-refractivity contribution in [3.63, 3.8) is 0 Å². The minimum Gasteiger partial charge on any atom is -0.306 e. The molecule has 0 aromatic carbocycles. The van der Waals surface area contributed by atoms with Crippen LogP contribution in [0.25, 0.3) is 0 Å². The molecule has 1 saturated carbocycles. The van der Waals surface area contributed by atoms with Crippen LogP contribution in [-0.2, 0) is 0 Å². The molecule has 1 aliphatic carbocycles. The Bertz CT molecular complexity index is 189. The first-order chi connectivity index (χ1) is 7.16. The predicted octanol–water partition coefficient (Wildman–Crippen LogP) is 2.20. The smallest absolute Gasteiger partial charge is 0.00992 e. The summed E-state index contributed by atoms with van der Waals surface area (Å²) >= 11 is 0. The number of rotatable bonds is 4. The zero-order chi connectivity index (χ0) is 10.8. The van der Waals surface area contributed by atoms with Gasteiger partial charge in [-0.1, -0.05) is 0 Å². The van der Waals surface area contributed by atoms with Crippen molar-refractivity contribution in [1.82, 2.24) is 9.80 Å². The van der Waals surface area contributed by atoms with Gasteiger partial charge in [0, 0.05) is 18.6 Å². The Balaban J connectivity index is 1.78. The molecule has 0 aromatic rings. The monoisotopic (exact) mass is 210 g/mol. The molecule has 2 rings (SSSR count). The molecule has 15 heavy (non-hydrogen) atoms. The number of nitrogens with zero attached hydrogens (tertiary/aromatic N) is 2. The first-order valence-electron chi connectivity index (χ1n) is 6.61. The SMILES string of the molecule is CC(C)N(CC1CCN(C)CC1)C1CC1. The lowest BCUT2D eigenvalue weighted by molar-refractivity contribution is 0.133. The fraction of sp³-hybridized carbons (Fsp3) is 1.00. The zero-order valence-corrected chi connectivity index (χ0v) is 10.6. The second-order valence-corrected chi connectivity index (χ2v) is 5.77. The molecule has 0 N–H and O–H groups in total. The van der Waals surface area contributed by atoms with E-state index in [0.717, 1.165) is 18.0 Å². The van der Waals surface area contributed by atoms with E-state index in [4.69, 9.17) is 0 Å². The van der Waals surface area contributed by atoms with Crippen molar-refractivity contribution >= 4 is 0 Å². The molecule has 0 amide bonds. The molecule has 0 radical (unpaired) electrons. The first kappa shape index (κ1) is 11.4. The number of piperidine rings is 1. The van der Waals surface area contributed by atoms with Crippen molar-refractivity contribution in [3.8, 4) is 0 Å². The Morgan fingerprint density at radius 1 is 1.13 bits per heavy atom. The fourth-order valence-corrected chi connectivity index (χ4v) is 2.73. The molecule has 0 aromatic heterocycles. The first-order valence-corrected chi connectivity index (χ1v) is 6.61. The van der Waals surface area contributed by atoms with Crippen molar-refractivity contribution in [1.29, 1.82) is 0 Å². The van der Waals surface area contributed by atoms with Crippen LogP contribution in [0.5, 0.6) is 0 Å². The topological polar surface area (TPSA) is 6.48 Å². The van der Waals surface area contributed by atoms with Crippen LogP contribution in [0.15, 0.2) is 0 Å². The summed E-state index contributed by atoms with van der Waals surface area (Å²) < 4.78 is 0. The van der Waals surface area contributed by atoms with E-state index in [1.807, 2.05) is 0 Å². The summed E-state index contributed by atoms with van der Waals surface area (Å²) in [5.41, 5.74) is 0. The summed E-state index contributed by atoms with van der Waals surface area (Å²) in [6.45, 7) is 8.68. The largest absolute Gasteiger partial charge is 0.306 e. The van der Waals surface area contributed by atoms with Crippen molar-refractivity contribution in [2.75, 3.05) is 26.7 Å². The van der Waals surface area contributed by atoms with Gasteiger partial charge in [0.15, 0.2) is 0 Å². The second kappa shape index (κ2) is 4.84. The van der Waals surface area contributed by atoms with Gasteiger partial charge in [-0.25, -0.2) is 0 Å². The molecule has 0 unspecified atom stereocenters. The lowest BCUT2D eigenvalue weighted by atomic mass is 9.96. The van der Waals surface area contributed by atoms with Gasteiger partial charge in [-0.3, -0.25) is 4.90 Å². The number of likely N-dealkylation sites (tertiary alicyclic amines) is 1. The Morgan fingerprint density at radius 3 is 2.20 bits per heavy atom. The Morgan fingerprint density at radius 2 is 1.73 bits per heavy atom. The summed E-state index contributed by atoms with van der Waals surface area (Å²) in [5.74, 6) is 0.962. The molecule has 0 spiro atoms. The van der Waals surface area contributed by atoms with Crippen LogP contribution in [0, 0.1) is 5.92 Å². The third kappa shape index (κ3) is 3.18. The molecule has 2 aliphatic rings. The molecule has 0 atom stereocenters. The van der Waals surface area contributed by atoms with Crippen molar-refractivity contribution in [3.05, 3.63) is 0 Å². The molecule has 2 heteroatoms. The van der Waals surface area contributed by atoms with Crippen LogP contribution in [0.1, 0.15) is 39.5 Å². The molecule has 2 nitrogen and oxygen atoms in total. The normalized spacial score (nSPS) is 25.4. The molecule has 1 aliphatic heterocycles. The van der Waals surface area contributed by atoms with E-state index in [1.54, 1.807) is 0 Å². The highest BCUT2D eigenvalue weighted by molar-refractivity contribution is 4.88. The molecule has 2 fully saturated rings. The van der Waals surface area contributed by atoms with E-state index < -0.39 is 0 Å². The standard InChI is InChI=1S/C13H26N2/c1-11(2)15(13-4-5-13)10-12-6-8-14(3)9-7-12/h11-13H,4-10H2,1-3H3. The van der Waals surface area contributed by atoms with Gasteiger partial charge in [-0.05, 0) is 65.6 Å². The molecule has 0 bridgehead atoms. The van der Waals surface area contributed by atoms with Gasteiger partial charge in [0.2, 0.25) is 0 Å². The van der Waals surface area contributed by atoms with E-state index >= 15 is 0 Å². The summed E-state index contributed by atoms with van der Waals surface area (Å²) in [7, 11) is 2.25. The van der Waals surface area contributed by atoms with Gasteiger partial charge in [0.05, 0.1) is 0 Å². The summed E-state index contributed by atoms with van der Waals surface area (Å²) in [4.78, 5) is 5.21. The minimum atomic E-state index is 0.747. The van der Waals surface area contributed by atoms with Gasteiger partial charge in [-0.2, -0.15) is 0 Å². The van der Waals surface area contributed by atoms with Crippen LogP contribution in [-0.4, -0.2) is 48.6 Å². The van der Waals surface area contributed by atoms with Gasteiger partial charge in [0.1, 0.15) is 0 Å². The van der Waals surface area contributed by atoms with Crippen LogP contribution >= 0.6 is 0 Å². The highest BCUT2D eigenvalue weighted by Gasteiger charge is 2.32. The van der Waals surface area contributed by atoms with Crippen molar-refractivity contribution in [2.45, 2.75) is 51.6 Å². The summed E-state index contributed by atoms with van der Waals surface area (Å²) in [6, 6.07) is 1.68. The maximum Gasteiger partial charge on any atom is 0.00992 e. The summed E-state index contributed by atoms with van der Waals surface area (Å²) in [6.07, 6.45) is 5.72. The Kier molecular flexibility index (Phi) is 3.68.